The Kier molecular flexibility index (Phi) is 7.86. The van der Waals surface area contributed by atoms with Gasteiger partial charge in [-0.3, -0.25) is 4.79 Å². The lowest BCUT2D eigenvalue weighted by Gasteiger charge is -2.11. The Morgan fingerprint density at radius 2 is 1.69 bits per heavy atom. The van der Waals surface area contributed by atoms with Gasteiger partial charge in [0.05, 0.1) is 13.3 Å². The molecule has 3 aromatic rings. The zero-order valence-electron chi connectivity index (χ0n) is 18.8. The van der Waals surface area contributed by atoms with Crippen LogP contribution in [0.4, 0.5) is 0 Å². The summed E-state index contributed by atoms with van der Waals surface area (Å²) in [5.41, 5.74) is 7.80. The zero-order chi connectivity index (χ0) is 22.9. The molecule has 0 aliphatic carbocycles. The third kappa shape index (κ3) is 6.60. The smallest absolute Gasteiger partial charge is 0.277 e. The Hall–Kier alpha value is -3.80. The first kappa shape index (κ1) is 22.9. The maximum atomic E-state index is 12.0. The van der Waals surface area contributed by atoms with Crippen LogP contribution in [0.3, 0.4) is 0 Å². The average molecular weight is 433 g/mol. The largest absolute Gasteiger partial charge is 0.493 e. The average Bonchev–Trinajstić information content (AvgIpc) is 2.80. The van der Waals surface area contributed by atoms with Crippen molar-refractivity contribution in [2.75, 3.05) is 13.7 Å². The predicted octanol–water partition coefficient (Wildman–Crippen LogP) is 4.73. The van der Waals surface area contributed by atoms with Crippen molar-refractivity contribution in [3.05, 3.63) is 88.5 Å². The van der Waals surface area contributed by atoms with Crippen LogP contribution in [0.1, 0.15) is 27.8 Å². The lowest BCUT2D eigenvalue weighted by Crippen LogP contribution is -2.24. The maximum Gasteiger partial charge on any atom is 0.277 e. The molecule has 0 spiro atoms. The minimum absolute atomic E-state index is 0.116. The highest BCUT2D eigenvalue weighted by Crippen LogP contribution is 2.28. The highest BCUT2D eigenvalue weighted by molar-refractivity contribution is 5.83. The number of carbonyl (C=O) groups excluding carboxylic acids is 1. The molecule has 0 unspecified atom stereocenters. The normalized spacial score (nSPS) is 10.8. The van der Waals surface area contributed by atoms with Gasteiger partial charge in [-0.25, -0.2) is 5.43 Å². The van der Waals surface area contributed by atoms with Gasteiger partial charge in [0.15, 0.2) is 18.1 Å². The Bertz CT molecular complexity index is 1090. The standard InChI is InChI=1S/C26H28N2O4/c1-18-5-8-21(9-6-18)16-32-24-12-10-22(14-25(24)30-4)15-27-28-26(29)17-31-23-11-7-19(2)20(3)13-23/h5-15H,16-17H2,1-4H3,(H,28,29)/b27-15+. The van der Waals surface area contributed by atoms with E-state index >= 15 is 0 Å². The number of nitrogens with one attached hydrogen (secondary N) is 1. The summed E-state index contributed by atoms with van der Waals surface area (Å²) in [5.74, 6) is 1.53. The van der Waals surface area contributed by atoms with E-state index in [1.807, 2.05) is 63.2 Å². The quantitative estimate of drug-likeness (QED) is 0.392. The fourth-order valence-corrected chi connectivity index (χ4v) is 2.89. The Morgan fingerprint density at radius 3 is 2.41 bits per heavy atom. The van der Waals surface area contributed by atoms with E-state index in [1.165, 1.54) is 11.1 Å². The molecule has 166 valence electrons. The summed E-state index contributed by atoms with van der Waals surface area (Å²) in [6.45, 7) is 6.40. The summed E-state index contributed by atoms with van der Waals surface area (Å²) < 4.78 is 16.8. The van der Waals surface area contributed by atoms with Crippen molar-refractivity contribution < 1.29 is 19.0 Å². The van der Waals surface area contributed by atoms with Crippen molar-refractivity contribution in [2.45, 2.75) is 27.4 Å². The van der Waals surface area contributed by atoms with Crippen LogP contribution in [0.2, 0.25) is 0 Å². The number of hydrogen-bond donors (Lipinski definition) is 1. The zero-order valence-corrected chi connectivity index (χ0v) is 18.8. The van der Waals surface area contributed by atoms with Gasteiger partial charge < -0.3 is 14.2 Å². The lowest BCUT2D eigenvalue weighted by atomic mass is 10.1. The number of carbonyl (C=O) groups is 1. The topological polar surface area (TPSA) is 69.2 Å². The van der Waals surface area contributed by atoms with Gasteiger partial charge in [-0.2, -0.15) is 5.10 Å². The number of amides is 1. The molecule has 1 N–H and O–H groups in total. The summed E-state index contributed by atoms with van der Waals surface area (Å²) in [6.07, 6.45) is 1.54. The maximum absolute atomic E-state index is 12.0. The number of aryl methyl sites for hydroxylation is 3. The summed E-state index contributed by atoms with van der Waals surface area (Å²) in [6, 6.07) is 19.3. The van der Waals surface area contributed by atoms with E-state index in [-0.39, 0.29) is 12.5 Å². The molecule has 0 heterocycles. The van der Waals surface area contributed by atoms with Crippen molar-refractivity contribution in [1.29, 1.82) is 0 Å². The van der Waals surface area contributed by atoms with Crippen LogP contribution in [-0.4, -0.2) is 25.8 Å². The van der Waals surface area contributed by atoms with E-state index < -0.39 is 0 Å². The molecule has 0 saturated carbocycles. The van der Waals surface area contributed by atoms with Crippen LogP contribution in [0.5, 0.6) is 17.2 Å². The Labute approximate surface area is 188 Å². The molecular weight excluding hydrogens is 404 g/mol. The SMILES string of the molecule is COc1cc(/C=N/NC(=O)COc2ccc(C)c(C)c2)ccc1OCc1ccc(C)cc1. The van der Waals surface area contributed by atoms with Crippen LogP contribution in [0.25, 0.3) is 0 Å². The highest BCUT2D eigenvalue weighted by atomic mass is 16.5. The van der Waals surface area contributed by atoms with E-state index in [0.29, 0.717) is 23.9 Å². The van der Waals surface area contributed by atoms with Gasteiger partial charge in [0, 0.05) is 0 Å². The summed E-state index contributed by atoms with van der Waals surface area (Å²) >= 11 is 0. The molecule has 0 bridgehead atoms. The Morgan fingerprint density at radius 1 is 0.906 bits per heavy atom. The molecule has 6 heteroatoms. The number of methoxy groups -OCH3 is 1. The Balaban J connectivity index is 1.51. The minimum atomic E-state index is -0.343. The van der Waals surface area contributed by atoms with Gasteiger partial charge in [0.2, 0.25) is 0 Å². The molecule has 0 aliphatic rings. The third-order valence-corrected chi connectivity index (χ3v) is 4.95. The van der Waals surface area contributed by atoms with E-state index in [1.54, 1.807) is 19.4 Å². The first-order chi connectivity index (χ1) is 15.4. The molecular formula is C26H28N2O4. The van der Waals surface area contributed by atoms with Gasteiger partial charge >= 0.3 is 0 Å². The molecule has 0 aromatic heterocycles. The first-order valence-electron chi connectivity index (χ1n) is 10.3. The van der Waals surface area contributed by atoms with E-state index in [2.05, 4.69) is 22.7 Å². The second-order valence-electron chi connectivity index (χ2n) is 7.51. The van der Waals surface area contributed by atoms with E-state index in [0.717, 1.165) is 16.7 Å². The first-order valence-corrected chi connectivity index (χ1v) is 10.3. The van der Waals surface area contributed by atoms with Crippen molar-refractivity contribution in [3.8, 4) is 17.2 Å². The van der Waals surface area contributed by atoms with Crippen molar-refractivity contribution in [2.24, 2.45) is 5.10 Å². The molecule has 3 rings (SSSR count). The van der Waals surface area contributed by atoms with E-state index in [9.17, 15) is 4.79 Å². The fraction of sp³-hybridized carbons (Fsp3) is 0.231. The van der Waals surface area contributed by atoms with Crippen molar-refractivity contribution >= 4 is 12.1 Å². The highest BCUT2D eigenvalue weighted by Gasteiger charge is 2.06. The third-order valence-electron chi connectivity index (χ3n) is 4.95. The fourth-order valence-electron chi connectivity index (χ4n) is 2.89. The molecule has 1 amide bonds. The number of hydrazone groups is 1. The second-order valence-corrected chi connectivity index (χ2v) is 7.51. The number of rotatable bonds is 9. The molecule has 0 atom stereocenters. The van der Waals surface area contributed by atoms with Crippen molar-refractivity contribution in [1.82, 2.24) is 5.43 Å². The molecule has 0 saturated heterocycles. The van der Waals surface area contributed by atoms with Gasteiger partial charge in [0.1, 0.15) is 12.4 Å². The number of benzene rings is 3. The van der Waals surface area contributed by atoms with Crippen molar-refractivity contribution in [3.63, 3.8) is 0 Å². The molecule has 0 radical (unpaired) electrons. The van der Waals surface area contributed by atoms with Crippen LogP contribution in [0.15, 0.2) is 65.8 Å². The van der Waals surface area contributed by atoms with E-state index in [4.69, 9.17) is 14.2 Å². The minimum Gasteiger partial charge on any atom is -0.493 e. The molecule has 0 fully saturated rings. The predicted molar refractivity (Wildman–Crippen MR) is 126 cm³/mol. The lowest BCUT2D eigenvalue weighted by molar-refractivity contribution is -0.123. The summed E-state index contributed by atoms with van der Waals surface area (Å²) in [7, 11) is 1.58. The van der Waals surface area contributed by atoms with Crippen LogP contribution in [-0.2, 0) is 11.4 Å². The molecule has 32 heavy (non-hydrogen) atoms. The molecule has 0 aliphatic heterocycles. The van der Waals surface area contributed by atoms with Gasteiger partial charge in [0.25, 0.3) is 5.91 Å². The number of hydrogen-bond acceptors (Lipinski definition) is 5. The summed E-state index contributed by atoms with van der Waals surface area (Å²) in [5, 5.41) is 3.99. The number of ether oxygens (including phenoxy) is 3. The van der Waals surface area contributed by atoms with Gasteiger partial charge in [-0.15, -0.1) is 0 Å². The molecule has 3 aromatic carbocycles. The summed E-state index contributed by atoms with van der Waals surface area (Å²) in [4.78, 5) is 12.0. The van der Waals surface area contributed by atoms with Crippen LogP contribution >= 0.6 is 0 Å². The van der Waals surface area contributed by atoms with Gasteiger partial charge in [-0.05, 0) is 73.4 Å². The number of nitrogens with zero attached hydrogens (tertiary/aromatic N) is 1. The van der Waals surface area contributed by atoms with Crippen LogP contribution in [0, 0.1) is 20.8 Å². The monoisotopic (exact) mass is 432 g/mol. The second kappa shape index (κ2) is 11.0. The van der Waals surface area contributed by atoms with Gasteiger partial charge in [-0.1, -0.05) is 35.9 Å². The van der Waals surface area contributed by atoms with Crippen LogP contribution < -0.4 is 19.6 Å². The molecule has 6 nitrogen and oxygen atoms in total.